The van der Waals surface area contributed by atoms with Crippen molar-refractivity contribution in [3.63, 3.8) is 0 Å². The standard InChI is InChI=1S/C14H17Si/c1-12-8-7-11-14(12)15(2,3)13-9-5-4-6-10-13/h4-11H,1-3H3. The van der Waals surface area contributed by atoms with E-state index in [1.807, 2.05) is 0 Å². The topological polar surface area (TPSA) is 0 Å². The minimum atomic E-state index is -1.45. The summed E-state index contributed by atoms with van der Waals surface area (Å²) in [4.78, 5) is 0. The Bertz CT molecular complexity index is 399. The van der Waals surface area contributed by atoms with E-state index in [-0.39, 0.29) is 0 Å². The fourth-order valence-electron chi connectivity index (χ4n) is 2.22. The van der Waals surface area contributed by atoms with Crippen LogP contribution in [0.1, 0.15) is 6.92 Å². The van der Waals surface area contributed by atoms with Crippen LogP contribution in [-0.2, 0) is 0 Å². The highest BCUT2D eigenvalue weighted by atomic mass is 28.3. The molecule has 0 atom stereocenters. The van der Waals surface area contributed by atoms with E-state index in [1.165, 1.54) is 10.8 Å². The van der Waals surface area contributed by atoms with E-state index in [0.717, 1.165) is 0 Å². The van der Waals surface area contributed by atoms with Crippen LogP contribution in [-0.4, -0.2) is 8.07 Å². The molecular weight excluding hydrogens is 196 g/mol. The third-order valence-corrected chi connectivity index (χ3v) is 6.89. The Kier molecular flexibility index (Phi) is 2.66. The molecule has 0 saturated carbocycles. The number of benzene rings is 1. The van der Waals surface area contributed by atoms with Crippen molar-refractivity contribution in [1.82, 2.24) is 0 Å². The Balaban J connectivity index is 2.35. The molecular formula is C14H17Si. The Labute approximate surface area is 93.3 Å². The maximum Gasteiger partial charge on any atom is 0.0961 e. The molecule has 2 rings (SSSR count). The van der Waals surface area contributed by atoms with Crippen LogP contribution in [0.15, 0.2) is 54.1 Å². The normalized spacial score (nSPS) is 16.9. The first-order valence-corrected chi connectivity index (χ1v) is 8.40. The summed E-state index contributed by atoms with van der Waals surface area (Å²) >= 11 is 0. The number of hydrogen-bond acceptors (Lipinski definition) is 0. The molecule has 0 heterocycles. The van der Waals surface area contributed by atoms with Crippen LogP contribution < -0.4 is 5.19 Å². The van der Waals surface area contributed by atoms with Crippen molar-refractivity contribution in [2.75, 3.05) is 0 Å². The summed E-state index contributed by atoms with van der Waals surface area (Å²) in [7, 11) is -1.45. The van der Waals surface area contributed by atoms with E-state index < -0.39 is 8.07 Å². The SMILES string of the molecule is CC1=CC=C[C]1[Si](C)(C)c1ccccc1. The molecule has 0 nitrogen and oxygen atoms in total. The molecule has 0 N–H and O–H groups in total. The van der Waals surface area contributed by atoms with Gasteiger partial charge in [-0.25, -0.2) is 0 Å². The van der Waals surface area contributed by atoms with Crippen molar-refractivity contribution < 1.29 is 0 Å². The second-order valence-electron chi connectivity index (χ2n) is 4.61. The zero-order chi connectivity index (χ0) is 10.9. The lowest BCUT2D eigenvalue weighted by Crippen LogP contribution is -2.47. The number of allylic oxidation sites excluding steroid dienone is 4. The third-order valence-electron chi connectivity index (χ3n) is 3.20. The van der Waals surface area contributed by atoms with Crippen LogP contribution in [0, 0.1) is 5.54 Å². The van der Waals surface area contributed by atoms with Crippen molar-refractivity contribution in [1.29, 1.82) is 0 Å². The summed E-state index contributed by atoms with van der Waals surface area (Å²) in [5.74, 6) is 0. The lowest BCUT2D eigenvalue weighted by Gasteiger charge is -2.29. The van der Waals surface area contributed by atoms with Gasteiger partial charge >= 0.3 is 0 Å². The molecule has 1 aromatic carbocycles. The minimum Gasteiger partial charge on any atom is -0.0757 e. The van der Waals surface area contributed by atoms with E-state index in [4.69, 9.17) is 0 Å². The van der Waals surface area contributed by atoms with Gasteiger partial charge < -0.3 is 0 Å². The molecule has 1 aliphatic carbocycles. The zero-order valence-electron chi connectivity index (χ0n) is 9.62. The molecule has 0 fully saturated rings. The van der Waals surface area contributed by atoms with E-state index in [2.05, 4.69) is 68.6 Å². The van der Waals surface area contributed by atoms with E-state index in [1.54, 1.807) is 5.54 Å². The van der Waals surface area contributed by atoms with E-state index in [9.17, 15) is 0 Å². The summed E-state index contributed by atoms with van der Waals surface area (Å²) in [5.41, 5.74) is 3.00. The van der Waals surface area contributed by atoms with Gasteiger partial charge in [-0.2, -0.15) is 0 Å². The van der Waals surface area contributed by atoms with Crippen molar-refractivity contribution >= 4 is 13.3 Å². The van der Waals surface area contributed by atoms with Gasteiger partial charge in [0.05, 0.1) is 8.07 Å². The Hall–Kier alpha value is -1.08. The Morgan fingerprint density at radius 1 is 1.00 bits per heavy atom. The first-order chi connectivity index (χ1) is 7.12. The second kappa shape index (κ2) is 3.82. The molecule has 15 heavy (non-hydrogen) atoms. The lowest BCUT2D eigenvalue weighted by atomic mass is 10.3. The molecule has 0 aromatic heterocycles. The quantitative estimate of drug-likeness (QED) is 0.662. The van der Waals surface area contributed by atoms with E-state index in [0.29, 0.717) is 0 Å². The van der Waals surface area contributed by atoms with Crippen LogP contribution in [0.5, 0.6) is 0 Å². The molecule has 1 aliphatic rings. The summed E-state index contributed by atoms with van der Waals surface area (Å²) in [6.45, 7) is 7.06. The van der Waals surface area contributed by atoms with E-state index >= 15 is 0 Å². The molecule has 77 valence electrons. The van der Waals surface area contributed by atoms with Crippen molar-refractivity contribution in [2.24, 2.45) is 0 Å². The lowest BCUT2D eigenvalue weighted by molar-refractivity contribution is 1.37. The van der Waals surface area contributed by atoms with Crippen molar-refractivity contribution in [3.05, 3.63) is 59.7 Å². The largest absolute Gasteiger partial charge is 0.0961 e. The number of hydrogen-bond donors (Lipinski definition) is 0. The average molecular weight is 213 g/mol. The molecule has 0 amide bonds. The van der Waals surface area contributed by atoms with Gasteiger partial charge in [0.2, 0.25) is 0 Å². The summed E-state index contributed by atoms with van der Waals surface area (Å²) in [6, 6.07) is 10.9. The first kappa shape index (κ1) is 10.4. The summed E-state index contributed by atoms with van der Waals surface area (Å²) in [6.07, 6.45) is 6.67. The maximum absolute atomic E-state index is 2.42. The summed E-state index contributed by atoms with van der Waals surface area (Å²) < 4.78 is 0. The Morgan fingerprint density at radius 3 is 2.20 bits per heavy atom. The third kappa shape index (κ3) is 1.84. The molecule has 1 aromatic rings. The van der Waals surface area contributed by atoms with Crippen molar-refractivity contribution in [2.45, 2.75) is 20.0 Å². The predicted octanol–water partition coefficient (Wildman–Crippen LogP) is 3.23. The molecule has 0 saturated heterocycles. The molecule has 0 bridgehead atoms. The van der Waals surface area contributed by atoms with Crippen LogP contribution >= 0.6 is 0 Å². The first-order valence-electron chi connectivity index (χ1n) is 5.40. The number of rotatable bonds is 2. The second-order valence-corrected chi connectivity index (χ2v) is 8.98. The molecule has 0 aliphatic heterocycles. The van der Waals surface area contributed by atoms with Crippen LogP contribution in [0.25, 0.3) is 0 Å². The van der Waals surface area contributed by atoms with Gasteiger partial charge in [0.25, 0.3) is 0 Å². The van der Waals surface area contributed by atoms with Gasteiger partial charge in [-0.15, -0.1) is 0 Å². The van der Waals surface area contributed by atoms with Gasteiger partial charge in [0.1, 0.15) is 0 Å². The van der Waals surface area contributed by atoms with Gasteiger partial charge in [-0.3, -0.25) is 0 Å². The molecule has 0 spiro atoms. The highest BCUT2D eigenvalue weighted by molar-refractivity contribution is 6.95. The van der Waals surface area contributed by atoms with Gasteiger partial charge in [0, 0.05) is 5.54 Å². The molecule has 0 unspecified atom stereocenters. The van der Waals surface area contributed by atoms with Crippen LogP contribution in [0.3, 0.4) is 0 Å². The molecule has 1 radical (unpaired) electrons. The minimum absolute atomic E-state index is 1.44. The molecule has 1 heteroatoms. The van der Waals surface area contributed by atoms with Gasteiger partial charge in [-0.1, -0.05) is 72.4 Å². The van der Waals surface area contributed by atoms with Crippen molar-refractivity contribution in [3.8, 4) is 0 Å². The fraction of sp³-hybridized carbons (Fsp3) is 0.214. The zero-order valence-corrected chi connectivity index (χ0v) is 10.6. The van der Waals surface area contributed by atoms with Gasteiger partial charge in [0.15, 0.2) is 0 Å². The van der Waals surface area contributed by atoms with Crippen LogP contribution in [0.4, 0.5) is 0 Å². The van der Waals surface area contributed by atoms with Crippen LogP contribution in [0.2, 0.25) is 13.1 Å². The van der Waals surface area contributed by atoms with Gasteiger partial charge in [-0.05, 0) is 6.92 Å². The average Bonchev–Trinajstić information content (AvgIpc) is 2.66. The maximum atomic E-state index is 2.42. The fourth-order valence-corrected chi connectivity index (χ4v) is 5.14. The summed E-state index contributed by atoms with van der Waals surface area (Å²) in [5, 5.41) is 1.51. The highest BCUT2D eigenvalue weighted by Gasteiger charge is 2.34. The highest BCUT2D eigenvalue weighted by Crippen LogP contribution is 2.30. The predicted molar refractivity (Wildman–Crippen MR) is 69.7 cm³/mol. The monoisotopic (exact) mass is 213 g/mol. The Morgan fingerprint density at radius 2 is 1.67 bits per heavy atom. The smallest absolute Gasteiger partial charge is 0.0757 e.